The van der Waals surface area contributed by atoms with Crippen LogP contribution in [0.1, 0.15) is 35.2 Å². The molecular weight excluding hydrogens is 212 g/mol. The number of anilines is 1. The predicted molar refractivity (Wildman–Crippen MR) is 68.4 cm³/mol. The average molecular weight is 230 g/mol. The van der Waals surface area contributed by atoms with Crippen molar-refractivity contribution >= 4 is 11.6 Å². The molecule has 1 aliphatic heterocycles. The number of benzene rings is 1. The number of carbonyl (C=O) groups excluding carboxylic acids is 1. The maximum Gasteiger partial charge on any atom is 0.254 e. The molecule has 0 spiro atoms. The lowest BCUT2D eigenvalue weighted by Gasteiger charge is -2.23. The first kappa shape index (κ1) is 10.6. The Morgan fingerprint density at radius 3 is 3.00 bits per heavy atom. The summed E-state index contributed by atoms with van der Waals surface area (Å²) in [6.07, 6.45) is 4.46. The molecule has 1 aromatic carbocycles. The van der Waals surface area contributed by atoms with Gasteiger partial charge in [-0.1, -0.05) is 6.07 Å². The molecule has 1 amide bonds. The first-order chi connectivity index (χ1) is 8.27. The van der Waals surface area contributed by atoms with E-state index in [-0.39, 0.29) is 5.91 Å². The molecule has 17 heavy (non-hydrogen) atoms. The van der Waals surface area contributed by atoms with E-state index in [0.717, 1.165) is 43.5 Å². The summed E-state index contributed by atoms with van der Waals surface area (Å²) in [4.78, 5) is 14.3. The highest BCUT2D eigenvalue weighted by Crippen LogP contribution is 2.30. The lowest BCUT2D eigenvalue weighted by Crippen LogP contribution is -2.30. The van der Waals surface area contributed by atoms with Gasteiger partial charge in [0.15, 0.2) is 0 Å². The molecule has 0 atom stereocenters. The largest absolute Gasteiger partial charge is 0.385 e. The highest BCUT2D eigenvalue weighted by molar-refractivity contribution is 5.97. The van der Waals surface area contributed by atoms with Crippen LogP contribution in [0.4, 0.5) is 5.69 Å². The highest BCUT2D eigenvalue weighted by Gasteiger charge is 2.31. The summed E-state index contributed by atoms with van der Waals surface area (Å²) >= 11 is 0. The van der Waals surface area contributed by atoms with E-state index in [9.17, 15) is 4.79 Å². The monoisotopic (exact) mass is 230 g/mol. The van der Waals surface area contributed by atoms with E-state index in [1.54, 1.807) is 0 Å². The van der Waals surface area contributed by atoms with Crippen molar-refractivity contribution in [1.29, 1.82) is 0 Å². The van der Waals surface area contributed by atoms with Crippen molar-refractivity contribution in [3.05, 3.63) is 29.3 Å². The second-order valence-corrected chi connectivity index (χ2v) is 5.01. The third-order valence-corrected chi connectivity index (χ3v) is 3.74. The van der Waals surface area contributed by atoms with E-state index in [1.165, 1.54) is 5.56 Å². The number of amides is 1. The van der Waals surface area contributed by atoms with Gasteiger partial charge in [-0.2, -0.15) is 0 Å². The van der Waals surface area contributed by atoms with Gasteiger partial charge in [-0.25, -0.2) is 0 Å². The van der Waals surface area contributed by atoms with Crippen LogP contribution in [0.25, 0.3) is 0 Å². The Morgan fingerprint density at radius 2 is 2.24 bits per heavy atom. The van der Waals surface area contributed by atoms with Crippen LogP contribution in [-0.2, 0) is 6.42 Å². The summed E-state index contributed by atoms with van der Waals surface area (Å²) in [7, 11) is 1.93. The summed E-state index contributed by atoms with van der Waals surface area (Å²) in [6, 6.07) is 6.50. The van der Waals surface area contributed by atoms with E-state index < -0.39 is 0 Å². The highest BCUT2D eigenvalue weighted by atomic mass is 16.2. The van der Waals surface area contributed by atoms with Gasteiger partial charge in [0.05, 0.1) is 0 Å². The zero-order valence-electron chi connectivity index (χ0n) is 10.2. The number of hydrogen-bond acceptors (Lipinski definition) is 2. The molecule has 3 rings (SSSR count). The third-order valence-electron chi connectivity index (χ3n) is 3.74. The molecular formula is C14H18N2O. The molecule has 1 heterocycles. The van der Waals surface area contributed by atoms with E-state index in [4.69, 9.17) is 0 Å². The van der Waals surface area contributed by atoms with Crippen LogP contribution in [0.2, 0.25) is 0 Å². The zero-order valence-corrected chi connectivity index (χ0v) is 10.2. The first-order valence-corrected chi connectivity index (χ1v) is 6.40. The maximum absolute atomic E-state index is 12.4. The summed E-state index contributed by atoms with van der Waals surface area (Å²) in [6.45, 7) is 1.02. The Balaban J connectivity index is 1.93. The lowest BCUT2D eigenvalue weighted by atomic mass is 9.97. The van der Waals surface area contributed by atoms with Gasteiger partial charge in [-0.15, -0.1) is 0 Å². The average Bonchev–Trinajstić information content (AvgIpc) is 3.20. The van der Waals surface area contributed by atoms with Crippen molar-refractivity contribution < 1.29 is 4.79 Å². The van der Waals surface area contributed by atoms with Gasteiger partial charge in [-0.3, -0.25) is 4.79 Å². The maximum atomic E-state index is 12.4. The van der Waals surface area contributed by atoms with Crippen molar-refractivity contribution in [3.8, 4) is 0 Å². The number of nitrogens with one attached hydrogen (secondary N) is 1. The molecule has 3 heteroatoms. The molecule has 1 aromatic rings. The molecule has 0 unspecified atom stereocenters. The standard InChI is InChI=1S/C14H18N2O/c1-16(10-7-8-10)14(17)12-4-2-6-13-11(12)5-3-9-15-13/h2,4,6,10,15H,3,5,7-9H2,1H3. The van der Waals surface area contributed by atoms with Crippen molar-refractivity contribution in [2.24, 2.45) is 0 Å². The summed E-state index contributed by atoms with van der Waals surface area (Å²) < 4.78 is 0. The zero-order chi connectivity index (χ0) is 11.8. The van der Waals surface area contributed by atoms with Crippen LogP contribution in [0.5, 0.6) is 0 Å². The fraction of sp³-hybridized carbons (Fsp3) is 0.500. The molecule has 0 radical (unpaired) electrons. The molecule has 1 N–H and O–H groups in total. The number of hydrogen-bond donors (Lipinski definition) is 1. The lowest BCUT2D eigenvalue weighted by molar-refractivity contribution is 0.0784. The van der Waals surface area contributed by atoms with Crippen molar-refractivity contribution in [2.45, 2.75) is 31.7 Å². The van der Waals surface area contributed by atoms with Gasteiger partial charge in [0.25, 0.3) is 5.91 Å². The molecule has 0 aromatic heterocycles. The summed E-state index contributed by atoms with van der Waals surface area (Å²) in [5, 5.41) is 3.37. The topological polar surface area (TPSA) is 32.3 Å². The normalized spacial score (nSPS) is 18.2. The Labute approximate surface area is 102 Å². The number of nitrogens with zero attached hydrogens (tertiary/aromatic N) is 1. The fourth-order valence-corrected chi connectivity index (χ4v) is 2.53. The van der Waals surface area contributed by atoms with Crippen LogP contribution < -0.4 is 5.32 Å². The molecule has 1 saturated carbocycles. The SMILES string of the molecule is CN(C(=O)c1cccc2c1CCCN2)C1CC1. The predicted octanol–water partition coefficient (Wildman–Crippen LogP) is 2.28. The molecule has 0 saturated heterocycles. The number of rotatable bonds is 2. The molecule has 2 aliphatic rings. The molecule has 0 bridgehead atoms. The Hall–Kier alpha value is -1.51. The first-order valence-electron chi connectivity index (χ1n) is 6.40. The van der Waals surface area contributed by atoms with Gasteiger partial charge in [0.1, 0.15) is 0 Å². The second kappa shape index (κ2) is 4.06. The van der Waals surface area contributed by atoms with Crippen LogP contribution in [0.15, 0.2) is 18.2 Å². The second-order valence-electron chi connectivity index (χ2n) is 5.01. The van der Waals surface area contributed by atoms with Crippen LogP contribution in [0, 0.1) is 0 Å². The molecule has 90 valence electrons. The van der Waals surface area contributed by atoms with Crippen LogP contribution >= 0.6 is 0 Å². The fourth-order valence-electron chi connectivity index (χ4n) is 2.53. The minimum Gasteiger partial charge on any atom is -0.385 e. The van der Waals surface area contributed by atoms with Crippen LogP contribution in [-0.4, -0.2) is 30.4 Å². The van der Waals surface area contributed by atoms with Crippen molar-refractivity contribution in [2.75, 3.05) is 18.9 Å². The molecule has 1 aliphatic carbocycles. The molecule has 1 fully saturated rings. The third kappa shape index (κ3) is 1.90. The minimum atomic E-state index is 0.188. The van der Waals surface area contributed by atoms with E-state index in [0.29, 0.717) is 6.04 Å². The Kier molecular flexibility index (Phi) is 2.54. The molecule has 3 nitrogen and oxygen atoms in total. The Morgan fingerprint density at radius 1 is 1.41 bits per heavy atom. The van der Waals surface area contributed by atoms with Gasteiger partial charge in [0.2, 0.25) is 0 Å². The van der Waals surface area contributed by atoms with Crippen molar-refractivity contribution in [1.82, 2.24) is 4.90 Å². The smallest absolute Gasteiger partial charge is 0.254 e. The van der Waals surface area contributed by atoms with Gasteiger partial charge < -0.3 is 10.2 Å². The number of fused-ring (bicyclic) bond motifs is 1. The summed E-state index contributed by atoms with van der Waals surface area (Å²) in [5.74, 6) is 0.188. The van der Waals surface area contributed by atoms with E-state index in [1.807, 2.05) is 24.1 Å². The Bertz CT molecular complexity index is 452. The van der Waals surface area contributed by atoms with Gasteiger partial charge in [-0.05, 0) is 43.4 Å². The number of carbonyl (C=O) groups is 1. The summed E-state index contributed by atoms with van der Waals surface area (Å²) in [5.41, 5.74) is 3.24. The minimum absolute atomic E-state index is 0.188. The quantitative estimate of drug-likeness (QED) is 0.845. The van der Waals surface area contributed by atoms with Gasteiger partial charge in [0, 0.05) is 30.9 Å². The van der Waals surface area contributed by atoms with Crippen molar-refractivity contribution in [3.63, 3.8) is 0 Å². The van der Waals surface area contributed by atoms with Gasteiger partial charge >= 0.3 is 0 Å². The van der Waals surface area contributed by atoms with E-state index >= 15 is 0 Å². The van der Waals surface area contributed by atoms with E-state index in [2.05, 4.69) is 11.4 Å². The van der Waals surface area contributed by atoms with Crippen LogP contribution in [0.3, 0.4) is 0 Å².